The average molecular weight is 209 g/mol. The van der Waals surface area contributed by atoms with E-state index < -0.39 is 5.60 Å². The van der Waals surface area contributed by atoms with Crippen LogP contribution in [0.4, 0.5) is 0 Å². The molecule has 0 aliphatic carbocycles. The van der Waals surface area contributed by atoms with Gasteiger partial charge in [0.2, 0.25) is 0 Å². The molecule has 3 N–H and O–H groups in total. The van der Waals surface area contributed by atoms with Gasteiger partial charge in [0.05, 0.1) is 5.60 Å². The number of aliphatic hydroxyl groups is 1. The molecule has 0 aromatic heterocycles. The number of phenolic OH excluding ortho intramolecular Hbond substituents is 1. The summed E-state index contributed by atoms with van der Waals surface area (Å²) in [6, 6.07) is 7.16. The molecule has 1 aromatic carbocycles. The van der Waals surface area contributed by atoms with Crippen molar-refractivity contribution in [3.05, 3.63) is 29.8 Å². The smallest absolute Gasteiger partial charge is 0.120 e. The summed E-state index contributed by atoms with van der Waals surface area (Å²) in [6.45, 7) is 5.99. The third-order valence-electron chi connectivity index (χ3n) is 2.65. The minimum atomic E-state index is -0.760. The molecule has 0 aliphatic heterocycles. The first-order chi connectivity index (χ1) is 6.91. The van der Waals surface area contributed by atoms with Gasteiger partial charge in [0, 0.05) is 18.2 Å². The van der Waals surface area contributed by atoms with Crippen molar-refractivity contribution in [2.24, 2.45) is 0 Å². The van der Waals surface area contributed by atoms with Crippen molar-refractivity contribution in [3.63, 3.8) is 0 Å². The molecule has 0 heterocycles. The van der Waals surface area contributed by atoms with Crippen LogP contribution >= 0.6 is 0 Å². The molecule has 1 atom stereocenters. The minimum Gasteiger partial charge on any atom is -0.508 e. The van der Waals surface area contributed by atoms with E-state index in [1.807, 2.05) is 19.1 Å². The first-order valence-electron chi connectivity index (χ1n) is 5.14. The van der Waals surface area contributed by atoms with Crippen LogP contribution in [0.5, 0.6) is 5.75 Å². The Bertz CT molecular complexity index is 318. The summed E-state index contributed by atoms with van der Waals surface area (Å²) in [6.07, 6.45) is 0. The van der Waals surface area contributed by atoms with Crippen LogP contribution in [0.25, 0.3) is 0 Å². The topological polar surface area (TPSA) is 52.5 Å². The number of rotatable bonds is 4. The third kappa shape index (κ3) is 3.53. The van der Waals surface area contributed by atoms with Crippen LogP contribution in [0.1, 0.15) is 26.3 Å². The van der Waals surface area contributed by atoms with Crippen molar-refractivity contribution in [2.75, 3.05) is 0 Å². The van der Waals surface area contributed by atoms with Gasteiger partial charge in [0.25, 0.3) is 0 Å². The van der Waals surface area contributed by atoms with E-state index in [0.717, 1.165) is 5.56 Å². The third-order valence-corrected chi connectivity index (χ3v) is 2.65. The second-order valence-corrected chi connectivity index (χ2v) is 4.38. The summed E-state index contributed by atoms with van der Waals surface area (Å²) in [5.74, 6) is 0.285. The van der Waals surface area contributed by atoms with Crippen LogP contribution < -0.4 is 5.32 Å². The fourth-order valence-electron chi connectivity index (χ4n) is 1.17. The van der Waals surface area contributed by atoms with Gasteiger partial charge in [0.15, 0.2) is 0 Å². The summed E-state index contributed by atoms with van der Waals surface area (Å²) >= 11 is 0. The number of aromatic hydroxyl groups is 1. The second kappa shape index (κ2) is 4.64. The molecule has 0 bridgehead atoms. The maximum atomic E-state index is 9.71. The summed E-state index contributed by atoms with van der Waals surface area (Å²) in [4.78, 5) is 0. The van der Waals surface area contributed by atoms with Gasteiger partial charge < -0.3 is 15.5 Å². The molecule has 3 nitrogen and oxygen atoms in total. The van der Waals surface area contributed by atoms with E-state index in [9.17, 15) is 10.2 Å². The zero-order valence-corrected chi connectivity index (χ0v) is 9.49. The van der Waals surface area contributed by atoms with Crippen LogP contribution in [0, 0.1) is 0 Å². The number of hydrogen-bond acceptors (Lipinski definition) is 3. The van der Waals surface area contributed by atoms with E-state index in [1.165, 1.54) is 0 Å². The number of hydrogen-bond donors (Lipinski definition) is 3. The Kier molecular flexibility index (Phi) is 3.72. The predicted molar refractivity (Wildman–Crippen MR) is 60.7 cm³/mol. The summed E-state index contributed by atoms with van der Waals surface area (Å²) in [5, 5.41) is 22.4. The summed E-state index contributed by atoms with van der Waals surface area (Å²) in [7, 11) is 0. The lowest BCUT2D eigenvalue weighted by atomic mass is 10.0. The van der Waals surface area contributed by atoms with E-state index in [-0.39, 0.29) is 11.8 Å². The summed E-state index contributed by atoms with van der Waals surface area (Å²) in [5.41, 5.74) is 0.0818. The number of para-hydroxylation sites is 1. The lowest BCUT2D eigenvalue weighted by molar-refractivity contribution is 0.0436. The molecular weight excluding hydrogens is 190 g/mol. The normalized spacial score (nSPS) is 13.9. The van der Waals surface area contributed by atoms with Crippen LogP contribution in [0.15, 0.2) is 24.3 Å². The molecule has 15 heavy (non-hydrogen) atoms. The molecule has 0 radical (unpaired) electrons. The molecule has 0 fully saturated rings. The molecule has 0 amide bonds. The van der Waals surface area contributed by atoms with E-state index in [1.54, 1.807) is 26.0 Å². The molecule has 84 valence electrons. The Morgan fingerprint density at radius 1 is 1.33 bits per heavy atom. The predicted octanol–water partition coefficient (Wildman–Crippen LogP) is 1.64. The number of phenols is 1. The highest BCUT2D eigenvalue weighted by Crippen LogP contribution is 2.16. The van der Waals surface area contributed by atoms with E-state index in [2.05, 4.69) is 5.32 Å². The largest absolute Gasteiger partial charge is 0.508 e. The number of nitrogens with one attached hydrogen (secondary N) is 1. The van der Waals surface area contributed by atoms with Gasteiger partial charge in [-0.2, -0.15) is 0 Å². The highest BCUT2D eigenvalue weighted by Gasteiger charge is 2.21. The molecule has 0 spiro atoms. The number of benzene rings is 1. The first kappa shape index (κ1) is 12.0. The molecule has 0 aliphatic rings. The van der Waals surface area contributed by atoms with E-state index >= 15 is 0 Å². The Labute approximate surface area is 90.8 Å². The van der Waals surface area contributed by atoms with Gasteiger partial charge in [-0.15, -0.1) is 0 Å². The van der Waals surface area contributed by atoms with Crippen LogP contribution in [-0.4, -0.2) is 21.9 Å². The highest BCUT2D eigenvalue weighted by atomic mass is 16.3. The van der Waals surface area contributed by atoms with Crippen molar-refractivity contribution in [1.82, 2.24) is 5.32 Å². The molecule has 0 saturated heterocycles. The van der Waals surface area contributed by atoms with Crippen LogP contribution in [0.2, 0.25) is 0 Å². The molecule has 3 heteroatoms. The van der Waals surface area contributed by atoms with Gasteiger partial charge >= 0.3 is 0 Å². The average Bonchev–Trinajstić information content (AvgIpc) is 2.14. The van der Waals surface area contributed by atoms with Gasteiger partial charge in [-0.3, -0.25) is 0 Å². The standard InChI is InChI=1S/C12H19NO2/c1-9(12(2,3)15)13-8-10-6-4-5-7-11(10)14/h4-7,9,13-15H,8H2,1-3H3. The fourth-order valence-corrected chi connectivity index (χ4v) is 1.17. The lowest BCUT2D eigenvalue weighted by Crippen LogP contribution is -2.44. The summed E-state index contributed by atoms with van der Waals surface area (Å²) < 4.78 is 0. The Morgan fingerprint density at radius 3 is 2.47 bits per heavy atom. The quantitative estimate of drug-likeness (QED) is 0.706. The Hall–Kier alpha value is -1.06. The van der Waals surface area contributed by atoms with Gasteiger partial charge in [-0.25, -0.2) is 0 Å². The Balaban J connectivity index is 2.55. The van der Waals surface area contributed by atoms with Crippen molar-refractivity contribution < 1.29 is 10.2 Å². The lowest BCUT2D eigenvalue weighted by Gasteiger charge is -2.27. The second-order valence-electron chi connectivity index (χ2n) is 4.38. The maximum absolute atomic E-state index is 9.71. The minimum absolute atomic E-state index is 0.0305. The van der Waals surface area contributed by atoms with Crippen LogP contribution in [-0.2, 0) is 6.54 Å². The van der Waals surface area contributed by atoms with E-state index in [4.69, 9.17) is 0 Å². The van der Waals surface area contributed by atoms with Gasteiger partial charge in [0.1, 0.15) is 5.75 Å². The van der Waals surface area contributed by atoms with Gasteiger partial charge in [-0.1, -0.05) is 18.2 Å². The van der Waals surface area contributed by atoms with Crippen LogP contribution in [0.3, 0.4) is 0 Å². The van der Waals surface area contributed by atoms with Gasteiger partial charge in [-0.05, 0) is 26.8 Å². The SMILES string of the molecule is CC(NCc1ccccc1O)C(C)(C)O. The van der Waals surface area contributed by atoms with Crippen molar-refractivity contribution in [2.45, 2.75) is 39.0 Å². The Morgan fingerprint density at radius 2 is 1.93 bits per heavy atom. The molecule has 0 saturated carbocycles. The monoisotopic (exact) mass is 209 g/mol. The zero-order chi connectivity index (χ0) is 11.5. The molecular formula is C12H19NO2. The highest BCUT2D eigenvalue weighted by molar-refractivity contribution is 5.31. The van der Waals surface area contributed by atoms with E-state index in [0.29, 0.717) is 6.54 Å². The maximum Gasteiger partial charge on any atom is 0.120 e. The zero-order valence-electron chi connectivity index (χ0n) is 9.49. The van der Waals surface area contributed by atoms with Crippen molar-refractivity contribution in [1.29, 1.82) is 0 Å². The molecule has 1 unspecified atom stereocenters. The van der Waals surface area contributed by atoms with Crippen molar-refractivity contribution in [3.8, 4) is 5.75 Å². The van der Waals surface area contributed by atoms with Crippen molar-refractivity contribution >= 4 is 0 Å². The first-order valence-corrected chi connectivity index (χ1v) is 5.14. The fraction of sp³-hybridized carbons (Fsp3) is 0.500. The molecule has 1 aromatic rings. The molecule has 1 rings (SSSR count).